The lowest BCUT2D eigenvalue weighted by molar-refractivity contribution is -0.00783. The maximum Gasteiger partial charge on any atom is 0.338 e. The third-order valence-electron chi connectivity index (χ3n) is 4.14. The summed E-state index contributed by atoms with van der Waals surface area (Å²) in [5.74, 6) is 0.220. The van der Waals surface area contributed by atoms with Crippen molar-refractivity contribution >= 4 is 5.97 Å². The van der Waals surface area contributed by atoms with E-state index in [-0.39, 0.29) is 17.8 Å². The van der Waals surface area contributed by atoms with Gasteiger partial charge in [-0.2, -0.15) is 0 Å². The highest BCUT2D eigenvalue weighted by Gasteiger charge is 2.35. The van der Waals surface area contributed by atoms with Crippen LogP contribution in [0.3, 0.4) is 0 Å². The number of aliphatic hydroxyl groups excluding tert-OH is 1. The molecule has 0 radical (unpaired) electrons. The summed E-state index contributed by atoms with van der Waals surface area (Å²) in [4.78, 5) is 11.9. The van der Waals surface area contributed by atoms with Gasteiger partial charge < -0.3 is 9.84 Å². The molecule has 1 N–H and O–H groups in total. The van der Waals surface area contributed by atoms with Crippen molar-refractivity contribution in [2.24, 2.45) is 11.8 Å². The van der Waals surface area contributed by atoms with Crippen molar-refractivity contribution in [1.82, 2.24) is 0 Å². The Morgan fingerprint density at radius 2 is 2.14 bits per heavy atom. The number of hydrogen-bond donors (Lipinski definition) is 1. The molecule has 0 heterocycles. The van der Waals surface area contributed by atoms with Crippen LogP contribution in [0.1, 0.15) is 43.0 Å². The molecule has 1 aromatic carbocycles. The fraction of sp³-hybridized carbons (Fsp3) is 0.500. The van der Waals surface area contributed by atoms with Gasteiger partial charge in [0.25, 0.3) is 0 Å². The minimum absolute atomic E-state index is 0.224. The number of ether oxygens (including phenoxy) is 1. The lowest BCUT2D eigenvalue weighted by Gasteiger charge is -2.38. The monoisotopic (exact) mass is 288 g/mol. The first-order valence-corrected chi connectivity index (χ1v) is 7.79. The Balaban J connectivity index is 1.77. The van der Waals surface area contributed by atoms with Crippen molar-refractivity contribution in [2.75, 3.05) is 6.61 Å². The highest BCUT2D eigenvalue weighted by molar-refractivity contribution is 5.89. The first kappa shape index (κ1) is 15.8. The summed E-state index contributed by atoms with van der Waals surface area (Å²) in [6.45, 7) is 2.52. The molecule has 21 heavy (non-hydrogen) atoms. The van der Waals surface area contributed by atoms with Crippen molar-refractivity contribution in [3.05, 3.63) is 48.0 Å². The van der Waals surface area contributed by atoms with E-state index in [2.05, 4.69) is 6.92 Å². The number of rotatable bonds is 7. The number of carbonyl (C=O) groups is 1. The second-order valence-corrected chi connectivity index (χ2v) is 5.67. The fourth-order valence-corrected chi connectivity index (χ4v) is 2.64. The SMILES string of the molecule is CCC/C=C/[C@H](O)[C@@H]1CC[C@H]1COC(=O)c1ccccc1. The highest BCUT2D eigenvalue weighted by atomic mass is 16.5. The zero-order valence-electron chi connectivity index (χ0n) is 12.6. The van der Waals surface area contributed by atoms with E-state index in [0.717, 1.165) is 25.7 Å². The lowest BCUT2D eigenvalue weighted by Crippen LogP contribution is -2.38. The van der Waals surface area contributed by atoms with Crippen molar-refractivity contribution in [3.8, 4) is 0 Å². The number of unbranched alkanes of at least 4 members (excludes halogenated alkanes) is 1. The Kier molecular flexibility index (Phi) is 6.00. The van der Waals surface area contributed by atoms with Gasteiger partial charge in [0, 0.05) is 0 Å². The Hall–Kier alpha value is -1.61. The van der Waals surface area contributed by atoms with Crippen molar-refractivity contribution in [2.45, 2.75) is 38.7 Å². The Morgan fingerprint density at radius 1 is 1.38 bits per heavy atom. The fourth-order valence-electron chi connectivity index (χ4n) is 2.64. The molecule has 0 unspecified atom stereocenters. The summed E-state index contributed by atoms with van der Waals surface area (Å²) >= 11 is 0. The van der Waals surface area contributed by atoms with Gasteiger partial charge >= 0.3 is 5.97 Å². The molecule has 1 aliphatic carbocycles. The molecule has 0 saturated heterocycles. The maximum atomic E-state index is 11.9. The lowest BCUT2D eigenvalue weighted by atomic mass is 9.71. The molecule has 1 fully saturated rings. The van der Waals surface area contributed by atoms with Gasteiger partial charge in [0.1, 0.15) is 0 Å². The number of allylic oxidation sites excluding steroid dienone is 1. The standard InChI is InChI=1S/C18H24O3/c1-2-3-5-10-17(19)16-12-11-15(16)13-21-18(20)14-8-6-4-7-9-14/h4-10,15-17,19H,2-3,11-13H2,1H3/b10-5+/t15-,16+,17-/m0/s1. The summed E-state index contributed by atoms with van der Waals surface area (Å²) in [6, 6.07) is 9.03. The second-order valence-electron chi connectivity index (χ2n) is 5.67. The molecule has 0 spiro atoms. The molecule has 0 aliphatic heterocycles. The van der Waals surface area contributed by atoms with E-state index >= 15 is 0 Å². The van der Waals surface area contributed by atoms with Crippen molar-refractivity contribution < 1.29 is 14.6 Å². The van der Waals surface area contributed by atoms with Gasteiger partial charge in [-0.15, -0.1) is 0 Å². The number of benzene rings is 1. The molecule has 0 amide bonds. The smallest absolute Gasteiger partial charge is 0.338 e. The van der Waals surface area contributed by atoms with Crippen LogP contribution >= 0.6 is 0 Å². The van der Waals surface area contributed by atoms with Gasteiger partial charge in [-0.1, -0.05) is 43.7 Å². The first-order valence-electron chi connectivity index (χ1n) is 7.79. The van der Waals surface area contributed by atoms with Gasteiger partial charge in [0.15, 0.2) is 0 Å². The van der Waals surface area contributed by atoms with Crippen LogP contribution in [0.2, 0.25) is 0 Å². The Morgan fingerprint density at radius 3 is 2.76 bits per heavy atom. The summed E-state index contributed by atoms with van der Waals surface area (Å²) in [7, 11) is 0. The van der Waals surface area contributed by atoms with Crippen LogP contribution in [0.5, 0.6) is 0 Å². The molecule has 3 nitrogen and oxygen atoms in total. The highest BCUT2D eigenvalue weighted by Crippen LogP contribution is 2.37. The van der Waals surface area contributed by atoms with E-state index < -0.39 is 6.10 Å². The summed E-state index contributed by atoms with van der Waals surface area (Å²) in [5.41, 5.74) is 0.580. The molecular weight excluding hydrogens is 264 g/mol. The van der Waals surface area contributed by atoms with E-state index in [4.69, 9.17) is 4.74 Å². The predicted molar refractivity (Wildman–Crippen MR) is 83.0 cm³/mol. The van der Waals surface area contributed by atoms with E-state index in [1.165, 1.54) is 0 Å². The quantitative estimate of drug-likeness (QED) is 0.616. The summed E-state index contributed by atoms with van der Waals surface area (Å²) in [5, 5.41) is 10.1. The van der Waals surface area contributed by atoms with Crippen molar-refractivity contribution in [3.63, 3.8) is 0 Å². The third kappa shape index (κ3) is 4.43. The molecule has 2 rings (SSSR count). The number of carbonyl (C=O) groups excluding carboxylic acids is 1. The molecule has 114 valence electrons. The first-order chi connectivity index (χ1) is 10.2. The summed E-state index contributed by atoms with van der Waals surface area (Å²) < 4.78 is 5.36. The van der Waals surface area contributed by atoms with E-state index in [1.54, 1.807) is 12.1 Å². The predicted octanol–water partition coefficient (Wildman–Crippen LogP) is 3.59. The molecule has 1 aliphatic rings. The van der Waals surface area contributed by atoms with Gasteiger partial charge in [-0.25, -0.2) is 4.79 Å². The van der Waals surface area contributed by atoms with Crippen LogP contribution in [0, 0.1) is 11.8 Å². The summed E-state index contributed by atoms with van der Waals surface area (Å²) in [6.07, 6.45) is 7.63. The Labute approximate surface area is 126 Å². The van der Waals surface area contributed by atoms with Crippen LogP contribution in [-0.2, 0) is 4.74 Å². The molecule has 0 bridgehead atoms. The molecular formula is C18H24O3. The minimum Gasteiger partial charge on any atom is -0.462 e. The average Bonchev–Trinajstić information content (AvgIpc) is 2.47. The average molecular weight is 288 g/mol. The molecule has 3 atom stereocenters. The zero-order valence-corrected chi connectivity index (χ0v) is 12.6. The molecule has 3 heteroatoms. The maximum absolute atomic E-state index is 11.9. The van der Waals surface area contributed by atoms with Gasteiger partial charge in [-0.05, 0) is 43.2 Å². The largest absolute Gasteiger partial charge is 0.462 e. The molecule has 1 aromatic rings. The number of hydrogen-bond acceptors (Lipinski definition) is 3. The van der Waals surface area contributed by atoms with Gasteiger partial charge in [-0.3, -0.25) is 0 Å². The van der Waals surface area contributed by atoms with Crippen molar-refractivity contribution in [1.29, 1.82) is 0 Å². The second kappa shape index (κ2) is 7.99. The van der Waals surface area contributed by atoms with E-state index in [9.17, 15) is 9.90 Å². The number of aliphatic hydroxyl groups is 1. The van der Waals surface area contributed by atoms with Gasteiger partial charge in [0.05, 0.1) is 18.3 Å². The van der Waals surface area contributed by atoms with E-state index in [0.29, 0.717) is 12.2 Å². The third-order valence-corrected chi connectivity index (χ3v) is 4.14. The normalized spacial score (nSPS) is 22.8. The van der Waals surface area contributed by atoms with Crippen LogP contribution in [-0.4, -0.2) is 23.8 Å². The number of esters is 1. The minimum atomic E-state index is -0.411. The molecule has 1 saturated carbocycles. The molecule has 0 aromatic heterocycles. The topological polar surface area (TPSA) is 46.5 Å². The van der Waals surface area contributed by atoms with Crippen LogP contribution in [0.4, 0.5) is 0 Å². The van der Waals surface area contributed by atoms with Crippen LogP contribution < -0.4 is 0 Å². The van der Waals surface area contributed by atoms with Gasteiger partial charge in [0.2, 0.25) is 0 Å². The zero-order chi connectivity index (χ0) is 15.1. The van der Waals surface area contributed by atoms with Crippen LogP contribution in [0.25, 0.3) is 0 Å². The van der Waals surface area contributed by atoms with E-state index in [1.807, 2.05) is 30.4 Å². The Bertz CT molecular complexity index is 467. The van der Waals surface area contributed by atoms with Crippen LogP contribution in [0.15, 0.2) is 42.5 Å².